The number of amides is 1. The van der Waals surface area contributed by atoms with Crippen LogP contribution >= 0.6 is 0 Å². The number of hydrogen-bond donors (Lipinski definition) is 1. The minimum absolute atomic E-state index is 0.130. The largest absolute Gasteiger partial charge is 0.493 e. The molecule has 1 aliphatic rings. The number of morpholine rings is 1. The third-order valence-electron chi connectivity index (χ3n) is 3.64. The lowest BCUT2D eigenvalue weighted by Gasteiger charge is -2.33. The predicted molar refractivity (Wildman–Crippen MR) is 75.5 cm³/mol. The van der Waals surface area contributed by atoms with Crippen molar-refractivity contribution < 1.29 is 23.8 Å². The van der Waals surface area contributed by atoms with Gasteiger partial charge in [-0.1, -0.05) is 12.1 Å². The Morgan fingerprint density at radius 1 is 1.52 bits per heavy atom. The van der Waals surface area contributed by atoms with E-state index in [-0.39, 0.29) is 24.3 Å². The monoisotopic (exact) mass is 291 g/mol. The summed E-state index contributed by atoms with van der Waals surface area (Å²) in [6.45, 7) is 1.12. The van der Waals surface area contributed by atoms with Crippen molar-refractivity contribution in [2.24, 2.45) is 0 Å². The molecule has 6 heteroatoms. The maximum atomic E-state index is 12.6. The van der Waals surface area contributed by atoms with Crippen LogP contribution in [-0.2, 0) is 4.74 Å². The molecule has 0 saturated carbocycles. The van der Waals surface area contributed by atoms with Gasteiger partial charge in [-0.15, -0.1) is 0 Å². The van der Waals surface area contributed by atoms with Gasteiger partial charge in [-0.2, -0.15) is 0 Å². The van der Waals surface area contributed by atoms with Crippen molar-refractivity contribution in [3.05, 3.63) is 30.0 Å². The van der Waals surface area contributed by atoms with Gasteiger partial charge in [0.25, 0.3) is 5.91 Å². The first-order chi connectivity index (χ1) is 10.2. The van der Waals surface area contributed by atoms with Crippen molar-refractivity contribution in [3.8, 4) is 5.75 Å². The molecule has 1 aromatic heterocycles. The SMILES string of the molecule is COc1cccc2cc(C(=O)N3CCOC[C@@H]3CO)oc12. The zero-order valence-electron chi connectivity index (χ0n) is 11.7. The van der Waals surface area contributed by atoms with E-state index >= 15 is 0 Å². The number of furan rings is 1. The van der Waals surface area contributed by atoms with Crippen molar-refractivity contribution >= 4 is 16.9 Å². The van der Waals surface area contributed by atoms with Gasteiger partial charge in [0, 0.05) is 11.9 Å². The lowest BCUT2D eigenvalue weighted by molar-refractivity contribution is -0.0196. The van der Waals surface area contributed by atoms with Gasteiger partial charge >= 0.3 is 0 Å². The van der Waals surface area contributed by atoms with E-state index in [1.807, 2.05) is 12.1 Å². The molecule has 1 saturated heterocycles. The number of hydrogen-bond acceptors (Lipinski definition) is 5. The van der Waals surface area contributed by atoms with E-state index in [1.165, 1.54) is 0 Å². The normalized spacial score (nSPS) is 19.0. The minimum atomic E-state index is -0.332. The fourth-order valence-corrected chi connectivity index (χ4v) is 2.52. The van der Waals surface area contributed by atoms with Gasteiger partial charge in [0.05, 0.1) is 33.0 Å². The number of benzene rings is 1. The Morgan fingerprint density at radius 3 is 3.14 bits per heavy atom. The molecule has 2 heterocycles. The second kappa shape index (κ2) is 5.75. The number of carbonyl (C=O) groups is 1. The molecule has 3 rings (SSSR count). The minimum Gasteiger partial charge on any atom is -0.493 e. The van der Waals surface area contributed by atoms with E-state index in [0.29, 0.717) is 31.1 Å². The van der Waals surface area contributed by atoms with Crippen LogP contribution < -0.4 is 4.74 Å². The molecule has 0 unspecified atom stereocenters. The maximum absolute atomic E-state index is 12.6. The van der Waals surface area contributed by atoms with Crippen molar-refractivity contribution in [2.45, 2.75) is 6.04 Å². The number of methoxy groups -OCH3 is 1. The lowest BCUT2D eigenvalue weighted by atomic mass is 10.2. The fourth-order valence-electron chi connectivity index (χ4n) is 2.52. The highest BCUT2D eigenvalue weighted by molar-refractivity contribution is 5.97. The molecule has 1 fully saturated rings. The first kappa shape index (κ1) is 13.9. The highest BCUT2D eigenvalue weighted by atomic mass is 16.5. The first-order valence-corrected chi connectivity index (χ1v) is 6.80. The van der Waals surface area contributed by atoms with E-state index < -0.39 is 0 Å². The van der Waals surface area contributed by atoms with Gasteiger partial charge in [0.1, 0.15) is 0 Å². The van der Waals surface area contributed by atoms with Gasteiger partial charge in [-0.25, -0.2) is 0 Å². The summed E-state index contributed by atoms with van der Waals surface area (Å²) >= 11 is 0. The smallest absolute Gasteiger partial charge is 0.290 e. The molecule has 0 radical (unpaired) electrons. The Bertz CT molecular complexity index is 651. The Morgan fingerprint density at radius 2 is 2.38 bits per heavy atom. The zero-order chi connectivity index (χ0) is 14.8. The summed E-state index contributed by atoms with van der Waals surface area (Å²) in [5, 5.41) is 10.2. The summed E-state index contributed by atoms with van der Waals surface area (Å²) in [4.78, 5) is 14.2. The number of carbonyl (C=O) groups excluding carboxylic acids is 1. The molecular formula is C15H17NO5. The summed E-state index contributed by atoms with van der Waals surface area (Å²) < 4.78 is 16.2. The van der Waals surface area contributed by atoms with Gasteiger partial charge in [0.2, 0.25) is 0 Å². The molecule has 21 heavy (non-hydrogen) atoms. The Balaban J connectivity index is 1.94. The second-order valence-corrected chi connectivity index (χ2v) is 4.90. The first-order valence-electron chi connectivity index (χ1n) is 6.80. The Labute approximate surface area is 121 Å². The van der Waals surface area contributed by atoms with Gasteiger partial charge in [0.15, 0.2) is 17.1 Å². The summed E-state index contributed by atoms with van der Waals surface area (Å²) in [5.41, 5.74) is 0.553. The number of fused-ring (bicyclic) bond motifs is 1. The topological polar surface area (TPSA) is 72.1 Å². The maximum Gasteiger partial charge on any atom is 0.290 e. The predicted octanol–water partition coefficient (Wildman–Crippen LogP) is 1.27. The third kappa shape index (κ3) is 2.48. The summed E-state index contributed by atoms with van der Waals surface area (Å²) in [7, 11) is 1.56. The van der Waals surface area contributed by atoms with Gasteiger partial charge < -0.3 is 23.9 Å². The highest BCUT2D eigenvalue weighted by Crippen LogP contribution is 2.29. The quantitative estimate of drug-likeness (QED) is 0.922. The molecule has 1 atom stereocenters. The number of para-hydroxylation sites is 1. The third-order valence-corrected chi connectivity index (χ3v) is 3.64. The number of rotatable bonds is 3. The van der Waals surface area contributed by atoms with Crippen LogP contribution in [-0.4, -0.2) is 55.4 Å². The van der Waals surface area contributed by atoms with E-state index in [1.54, 1.807) is 24.1 Å². The van der Waals surface area contributed by atoms with Crippen LogP contribution in [0.5, 0.6) is 5.75 Å². The van der Waals surface area contributed by atoms with Gasteiger partial charge in [-0.3, -0.25) is 4.79 Å². The van der Waals surface area contributed by atoms with E-state index in [2.05, 4.69) is 0 Å². The summed E-state index contributed by atoms with van der Waals surface area (Å²) in [5.74, 6) is 0.595. The van der Waals surface area contributed by atoms with Crippen LogP contribution in [0.3, 0.4) is 0 Å². The molecule has 2 aromatic rings. The van der Waals surface area contributed by atoms with Crippen molar-refractivity contribution in [3.63, 3.8) is 0 Å². The molecule has 0 aliphatic carbocycles. The van der Waals surface area contributed by atoms with Crippen LogP contribution in [0, 0.1) is 0 Å². The number of nitrogens with zero attached hydrogens (tertiary/aromatic N) is 1. The van der Waals surface area contributed by atoms with E-state index in [0.717, 1.165) is 5.39 Å². The molecule has 1 aliphatic heterocycles. The summed E-state index contributed by atoms with van der Waals surface area (Å²) in [6.07, 6.45) is 0. The second-order valence-electron chi connectivity index (χ2n) is 4.90. The van der Waals surface area contributed by atoms with Crippen LogP contribution in [0.4, 0.5) is 0 Å². The van der Waals surface area contributed by atoms with Crippen LogP contribution in [0.25, 0.3) is 11.0 Å². The van der Waals surface area contributed by atoms with E-state index in [9.17, 15) is 9.90 Å². The highest BCUT2D eigenvalue weighted by Gasteiger charge is 2.29. The number of aliphatic hydroxyl groups is 1. The average Bonchev–Trinajstić information content (AvgIpc) is 2.98. The fraction of sp³-hybridized carbons (Fsp3) is 0.400. The van der Waals surface area contributed by atoms with Gasteiger partial charge in [-0.05, 0) is 12.1 Å². The summed E-state index contributed by atoms with van der Waals surface area (Å²) in [6, 6.07) is 6.86. The average molecular weight is 291 g/mol. The van der Waals surface area contributed by atoms with Crippen molar-refractivity contribution in [1.82, 2.24) is 4.90 Å². The zero-order valence-corrected chi connectivity index (χ0v) is 11.7. The van der Waals surface area contributed by atoms with Crippen molar-refractivity contribution in [1.29, 1.82) is 0 Å². The molecular weight excluding hydrogens is 274 g/mol. The van der Waals surface area contributed by atoms with Crippen LogP contribution in [0.2, 0.25) is 0 Å². The lowest BCUT2D eigenvalue weighted by Crippen LogP contribution is -2.50. The van der Waals surface area contributed by atoms with Crippen LogP contribution in [0.1, 0.15) is 10.6 Å². The standard InChI is InChI=1S/C15H17NO5/c1-19-12-4-2-3-10-7-13(21-14(10)12)15(18)16-5-6-20-9-11(16)8-17/h2-4,7,11,17H,5-6,8-9H2,1H3/t11-/m0/s1. The number of aliphatic hydroxyl groups excluding tert-OH is 1. The van der Waals surface area contributed by atoms with E-state index in [4.69, 9.17) is 13.9 Å². The number of ether oxygens (including phenoxy) is 2. The Hall–Kier alpha value is -2.05. The van der Waals surface area contributed by atoms with Crippen LogP contribution in [0.15, 0.2) is 28.7 Å². The molecule has 0 spiro atoms. The molecule has 1 aromatic carbocycles. The van der Waals surface area contributed by atoms with Crippen molar-refractivity contribution in [2.75, 3.05) is 33.5 Å². The Kier molecular flexibility index (Phi) is 3.81. The molecule has 112 valence electrons. The molecule has 6 nitrogen and oxygen atoms in total. The molecule has 1 N–H and O–H groups in total. The molecule has 1 amide bonds. The molecule has 0 bridgehead atoms.